The minimum Gasteiger partial charge on any atom is -0.448 e. The van der Waals surface area contributed by atoms with Crippen LogP contribution in [0.3, 0.4) is 0 Å². The van der Waals surface area contributed by atoms with E-state index in [1.165, 1.54) is 0 Å². The molecule has 1 aromatic carbocycles. The third kappa shape index (κ3) is 4.01. The molecule has 1 atom stereocenters. The lowest BCUT2D eigenvalue weighted by Gasteiger charge is -2.39. The number of hydrogen-bond acceptors (Lipinski definition) is 5. The van der Waals surface area contributed by atoms with E-state index in [4.69, 9.17) is 9.47 Å². The number of carbonyl (C=O) groups excluding carboxylic acids is 1. The zero-order valence-electron chi connectivity index (χ0n) is 22.7. The maximum absolute atomic E-state index is 13.8. The Morgan fingerprint density at radius 1 is 1.03 bits per heavy atom. The van der Waals surface area contributed by atoms with E-state index in [0.717, 1.165) is 65.8 Å². The first kappa shape index (κ1) is 24.9. The number of carbonyl (C=O) groups is 1. The number of amides is 1. The van der Waals surface area contributed by atoms with Crippen molar-refractivity contribution in [3.05, 3.63) is 55.5 Å². The molecule has 5 rings (SSSR count). The van der Waals surface area contributed by atoms with E-state index in [2.05, 4.69) is 30.9 Å². The number of nitrogens with zero attached hydrogens (tertiary/aromatic N) is 2. The first-order valence-corrected chi connectivity index (χ1v) is 13.2. The second-order valence-electron chi connectivity index (χ2n) is 11.4. The molecule has 194 valence electrons. The molecule has 36 heavy (non-hydrogen) atoms. The van der Waals surface area contributed by atoms with Crippen LogP contribution < -0.4 is 15.0 Å². The van der Waals surface area contributed by atoms with Crippen LogP contribution >= 0.6 is 0 Å². The van der Waals surface area contributed by atoms with Crippen LogP contribution in [0.25, 0.3) is 0 Å². The van der Waals surface area contributed by atoms with Crippen molar-refractivity contribution in [3.8, 4) is 11.5 Å². The van der Waals surface area contributed by atoms with Gasteiger partial charge >= 0.3 is 0 Å². The van der Waals surface area contributed by atoms with E-state index < -0.39 is 5.79 Å². The van der Waals surface area contributed by atoms with E-state index in [9.17, 15) is 9.59 Å². The fourth-order valence-corrected chi connectivity index (χ4v) is 6.49. The number of aromatic nitrogens is 1. The molecule has 0 radical (unpaired) electrons. The number of fused-ring (bicyclic) bond motifs is 2. The molecule has 3 aliphatic rings. The van der Waals surface area contributed by atoms with Gasteiger partial charge in [-0.25, -0.2) is 0 Å². The van der Waals surface area contributed by atoms with Crippen LogP contribution in [0.15, 0.2) is 10.9 Å². The van der Waals surface area contributed by atoms with Crippen molar-refractivity contribution in [1.82, 2.24) is 14.8 Å². The van der Waals surface area contributed by atoms with Gasteiger partial charge < -0.3 is 24.3 Å². The Kier molecular flexibility index (Phi) is 6.18. The van der Waals surface area contributed by atoms with Gasteiger partial charge in [0.25, 0.3) is 17.3 Å². The van der Waals surface area contributed by atoms with Gasteiger partial charge in [0.05, 0.1) is 6.54 Å². The summed E-state index contributed by atoms with van der Waals surface area (Å²) in [5, 5.41) is 0. The first-order valence-electron chi connectivity index (χ1n) is 13.2. The minimum atomic E-state index is -0.714. The summed E-state index contributed by atoms with van der Waals surface area (Å²) in [5.74, 6) is 1.07. The number of hydrogen-bond donors (Lipinski definition) is 1. The molecule has 7 nitrogen and oxygen atoms in total. The molecule has 1 unspecified atom stereocenters. The Morgan fingerprint density at radius 3 is 2.28 bits per heavy atom. The molecule has 2 aliphatic heterocycles. The minimum absolute atomic E-state index is 0.0391. The third-order valence-electron chi connectivity index (χ3n) is 8.77. The van der Waals surface area contributed by atoms with Crippen LogP contribution in [-0.2, 0) is 13.0 Å². The Morgan fingerprint density at radius 2 is 1.67 bits per heavy atom. The number of aryl methyl sites for hydroxylation is 2. The van der Waals surface area contributed by atoms with E-state index in [-0.39, 0.29) is 11.5 Å². The first-order chi connectivity index (χ1) is 17.0. The maximum atomic E-state index is 13.8. The second-order valence-corrected chi connectivity index (χ2v) is 11.4. The predicted octanol–water partition coefficient (Wildman–Crippen LogP) is 4.41. The quantitative estimate of drug-likeness (QED) is 0.683. The molecular weight excluding hydrogens is 454 g/mol. The zero-order valence-corrected chi connectivity index (χ0v) is 22.7. The number of H-pyrrole nitrogens is 1. The largest absolute Gasteiger partial charge is 0.448 e. The van der Waals surface area contributed by atoms with Gasteiger partial charge in [-0.05, 0) is 96.7 Å². The van der Waals surface area contributed by atoms with Crippen molar-refractivity contribution in [2.45, 2.75) is 85.1 Å². The smallest absolute Gasteiger partial charge is 0.254 e. The molecule has 2 aromatic rings. The topological polar surface area (TPSA) is 74.9 Å². The highest BCUT2D eigenvalue weighted by atomic mass is 16.7. The van der Waals surface area contributed by atoms with Crippen molar-refractivity contribution in [3.63, 3.8) is 0 Å². The normalized spacial score (nSPS) is 25.4. The Balaban J connectivity index is 1.43. The van der Waals surface area contributed by atoms with Gasteiger partial charge in [-0.2, -0.15) is 0 Å². The van der Waals surface area contributed by atoms with Crippen molar-refractivity contribution < 1.29 is 14.3 Å². The Labute approximate surface area is 213 Å². The van der Waals surface area contributed by atoms with Gasteiger partial charge in [-0.15, -0.1) is 0 Å². The molecule has 1 fully saturated rings. The lowest BCUT2D eigenvalue weighted by Crippen LogP contribution is -2.46. The molecule has 1 aliphatic carbocycles. The van der Waals surface area contributed by atoms with Gasteiger partial charge in [0, 0.05) is 47.8 Å². The molecular formula is C29H39N3O4. The lowest BCUT2D eigenvalue weighted by atomic mass is 9.81. The molecule has 0 spiro atoms. The van der Waals surface area contributed by atoms with Crippen molar-refractivity contribution in [2.75, 3.05) is 20.6 Å². The molecule has 0 bridgehead atoms. The lowest BCUT2D eigenvalue weighted by molar-refractivity contribution is -0.123. The van der Waals surface area contributed by atoms with Crippen LogP contribution in [0.2, 0.25) is 0 Å². The van der Waals surface area contributed by atoms with Crippen LogP contribution in [0.4, 0.5) is 0 Å². The average molecular weight is 494 g/mol. The fraction of sp³-hybridized carbons (Fsp3) is 0.586. The molecule has 0 saturated heterocycles. The van der Waals surface area contributed by atoms with E-state index in [0.29, 0.717) is 41.9 Å². The summed E-state index contributed by atoms with van der Waals surface area (Å²) in [7, 11) is 4.30. The Bertz CT molecular complexity index is 1270. The van der Waals surface area contributed by atoms with Gasteiger partial charge in [-0.3, -0.25) is 9.59 Å². The summed E-state index contributed by atoms with van der Waals surface area (Å²) in [4.78, 5) is 33.4. The van der Waals surface area contributed by atoms with Crippen molar-refractivity contribution in [1.29, 1.82) is 0 Å². The van der Waals surface area contributed by atoms with Crippen LogP contribution in [0, 0.1) is 33.6 Å². The van der Waals surface area contributed by atoms with Gasteiger partial charge in [0.15, 0.2) is 11.5 Å². The summed E-state index contributed by atoms with van der Waals surface area (Å²) < 4.78 is 13.2. The Hall–Kier alpha value is -2.80. The van der Waals surface area contributed by atoms with E-state index >= 15 is 0 Å². The zero-order chi connectivity index (χ0) is 25.9. The summed E-state index contributed by atoms with van der Waals surface area (Å²) in [5.41, 5.74) is 5.88. The standard InChI is InChI=1S/C29H39N3O4/c1-16-14-17(2)30-27(33)23(16)15-32-13-12-22-18(3)25-26(19(4)24(22)28(32)34)36-29(5,35-25)20-8-10-21(11-9-20)31(6)7/h14,20-21H,8-13,15H2,1-7H3,(H,30,33). The maximum Gasteiger partial charge on any atom is 0.254 e. The number of aromatic amines is 1. The predicted molar refractivity (Wildman–Crippen MR) is 140 cm³/mol. The SMILES string of the molecule is Cc1cc(C)c(CN2CCc3c(C)c4c(c(C)c3C2=O)OC(C)(C2CCC(N(C)C)CC2)O4)c(=O)[nH]1. The van der Waals surface area contributed by atoms with Crippen LogP contribution in [-0.4, -0.2) is 53.2 Å². The molecule has 7 heteroatoms. The summed E-state index contributed by atoms with van der Waals surface area (Å²) in [6.07, 6.45) is 5.12. The summed E-state index contributed by atoms with van der Waals surface area (Å²) in [6, 6.07) is 2.57. The number of nitrogens with one attached hydrogen (secondary N) is 1. The van der Waals surface area contributed by atoms with Gasteiger partial charge in [0.1, 0.15) is 0 Å². The highest BCUT2D eigenvalue weighted by molar-refractivity contribution is 6.00. The number of pyridine rings is 1. The number of ether oxygens (including phenoxy) is 2. The third-order valence-corrected chi connectivity index (χ3v) is 8.77. The molecule has 3 heterocycles. The number of rotatable bonds is 4. The molecule has 1 N–H and O–H groups in total. The molecule has 1 amide bonds. The van der Waals surface area contributed by atoms with Crippen LogP contribution in [0.1, 0.15) is 76.5 Å². The highest BCUT2D eigenvalue weighted by Gasteiger charge is 2.48. The molecule has 1 saturated carbocycles. The monoisotopic (exact) mass is 493 g/mol. The highest BCUT2D eigenvalue weighted by Crippen LogP contribution is 2.52. The van der Waals surface area contributed by atoms with Gasteiger partial charge in [0.2, 0.25) is 0 Å². The summed E-state index contributed by atoms with van der Waals surface area (Å²) >= 11 is 0. The van der Waals surface area contributed by atoms with Crippen molar-refractivity contribution in [2.24, 2.45) is 5.92 Å². The average Bonchev–Trinajstić information content (AvgIpc) is 3.20. The van der Waals surface area contributed by atoms with Crippen LogP contribution in [0.5, 0.6) is 11.5 Å². The van der Waals surface area contributed by atoms with Crippen molar-refractivity contribution >= 4 is 5.91 Å². The fourth-order valence-electron chi connectivity index (χ4n) is 6.49. The molecule has 1 aromatic heterocycles. The number of benzene rings is 1. The van der Waals surface area contributed by atoms with E-state index in [1.807, 2.05) is 33.8 Å². The van der Waals surface area contributed by atoms with E-state index in [1.54, 1.807) is 4.90 Å². The summed E-state index contributed by atoms with van der Waals surface area (Å²) in [6.45, 7) is 10.8. The van der Waals surface area contributed by atoms with Gasteiger partial charge in [-0.1, -0.05) is 0 Å². The second kappa shape index (κ2) is 8.94.